The predicted octanol–water partition coefficient (Wildman–Crippen LogP) is 1.66. The Morgan fingerprint density at radius 2 is 2.04 bits per heavy atom. The van der Waals surface area contributed by atoms with Crippen molar-refractivity contribution in [3.63, 3.8) is 0 Å². The predicted molar refractivity (Wildman–Crippen MR) is 92.7 cm³/mol. The topological polar surface area (TPSA) is 96.3 Å². The third-order valence-corrected chi connectivity index (χ3v) is 4.15. The van der Waals surface area contributed by atoms with Gasteiger partial charge in [-0.25, -0.2) is 9.59 Å². The Morgan fingerprint density at radius 3 is 2.60 bits per heavy atom. The molecule has 1 fully saturated rings. The Labute approximate surface area is 148 Å². The number of amides is 1. The van der Waals surface area contributed by atoms with Gasteiger partial charge < -0.3 is 19.5 Å². The number of esters is 1. The lowest BCUT2D eigenvalue weighted by Crippen LogP contribution is -2.52. The maximum absolute atomic E-state index is 12.5. The van der Waals surface area contributed by atoms with Gasteiger partial charge in [-0.15, -0.1) is 0 Å². The second kappa shape index (κ2) is 7.62. The van der Waals surface area contributed by atoms with E-state index in [0.29, 0.717) is 25.0 Å². The lowest BCUT2D eigenvalue weighted by Gasteiger charge is -2.39. The first-order valence-electron chi connectivity index (χ1n) is 8.57. The van der Waals surface area contributed by atoms with Crippen molar-refractivity contribution < 1.29 is 29.1 Å². The van der Waals surface area contributed by atoms with Crippen LogP contribution in [0.15, 0.2) is 23.3 Å². The summed E-state index contributed by atoms with van der Waals surface area (Å²) in [5.41, 5.74) is 0.870. The summed E-state index contributed by atoms with van der Waals surface area (Å²) < 4.78 is 10.6. The first-order valence-corrected chi connectivity index (χ1v) is 8.57. The maximum atomic E-state index is 12.5. The molecule has 0 bridgehead atoms. The Balaban J connectivity index is 2.30. The van der Waals surface area contributed by atoms with Crippen LogP contribution >= 0.6 is 0 Å². The van der Waals surface area contributed by atoms with E-state index in [1.807, 2.05) is 0 Å². The zero-order valence-corrected chi connectivity index (χ0v) is 15.2. The number of nitrogens with zero attached hydrogens (tertiary/aromatic N) is 1. The molecule has 1 aliphatic carbocycles. The van der Waals surface area contributed by atoms with Gasteiger partial charge >= 0.3 is 19.2 Å². The number of allylic oxidation sites excluding steroid dienone is 2. The summed E-state index contributed by atoms with van der Waals surface area (Å²) in [5, 5.41) is 18.8. The zero-order chi connectivity index (χ0) is 18.8. The average Bonchev–Trinajstić information content (AvgIpc) is 2.51. The molecule has 0 saturated carbocycles. The van der Waals surface area contributed by atoms with Crippen LogP contribution in [0.2, 0.25) is 5.82 Å². The number of carbonyl (C=O) groups is 2. The van der Waals surface area contributed by atoms with Crippen LogP contribution < -0.4 is 0 Å². The minimum atomic E-state index is -1.45. The number of hydrogen-bond donors (Lipinski definition) is 2. The van der Waals surface area contributed by atoms with Crippen molar-refractivity contribution >= 4 is 19.2 Å². The van der Waals surface area contributed by atoms with Gasteiger partial charge in [0, 0.05) is 12.4 Å². The molecular formula is C17H26BNO6. The highest BCUT2D eigenvalue weighted by Gasteiger charge is 2.42. The second-order valence-electron chi connectivity index (χ2n) is 7.24. The third-order valence-electron chi connectivity index (χ3n) is 4.15. The largest absolute Gasteiger partial charge is 0.464 e. The van der Waals surface area contributed by atoms with Crippen molar-refractivity contribution in [3.05, 3.63) is 23.3 Å². The van der Waals surface area contributed by atoms with Crippen LogP contribution in [-0.2, 0) is 14.3 Å². The number of hydrogen-bond acceptors (Lipinski definition) is 6. The molecule has 0 radical (unpaired) electrons. The smallest absolute Gasteiger partial charge is 0.459 e. The first kappa shape index (κ1) is 19.5. The number of rotatable bonds is 3. The van der Waals surface area contributed by atoms with E-state index in [1.54, 1.807) is 39.8 Å². The monoisotopic (exact) mass is 351 g/mol. The fraction of sp³-hybridized carbons (Fsp3) is 0.647. The van der Waals surface area contributed by atoms with Gasteiger partial charge in [0.05, 0.1) is 6.61 Å². The van der Waals surface area contributed by atoms with Gasteiger partial charge in [0.25, 0.3) is 0 Å². The summed E-state index contributed by atoms with van der Waals surface area (Å²) in [5.74, 6) is -0.914. The molecule has 0 spiro atoms. The molecule has 8 heteroatoms. The normalized spacial score (nSPS) is 23.2. The Hall–Kier alpha value is -1.80. The first-order chi connectivity index (χ1) is 11.6. The Bertz CT molecular complexity index is 592. The minimum Gasteiger partial charge on any atom is -0.464 e. The molecule has 0 aromatic carbocycles. The summed E-state index contributed by atoms with van der Waals surface area (Å²) in [6.45, 7) is 7.53. The molecule has 1 saturated heterocycles. The van der Waals surface area contributed by atoms with Gasteiger partial charge in [-0.2, -0.15) is 0 Å². The van der Waals surface area contributed by atoms with E-state index in [9.17, 15) is 19.6 Å². The number of likely N-dealkylation sites (tertiary alicyclic amines) is 1. The lowest BCUT2D eigenvalue weighted by molar-refractivity contribution is -0.148. The van der Waals surface area contributed by atoms with E-state index in [1.165, 1.54) is 4.90 Å². The van der Waals surface area contributed by atoms with Crippen molar-refractivity contribution in [3.8, 4) is 0 Å². The fourth-order valence-corrected chi connectivity index (χ4v) is 3.07. The summed E-state index contributed by atoms with van der Waals surface area (Å²) in [7, 11) is -1.45. The molecular weight excluding hydrogens is 325 g/mol. The van der Waals surface area contributed by atoms with Gasteiger partial charge in [0.15, 0.2) is 6.04 Å². The van der Waals surface area contributed by atoms with E-state index in [0.717, 1.165) is 5.57 Å². The minimum absolute atomic E-state index is 0.210. The van der Waals surface area contributed by atoms with Crippen molar-refractivity contribution in [2.24, 2.45) is 0 Å². The molecule has 1 heterocycles. The molecule has 1 amide bonds. The zero-order valence-electron chi connectivity index (χ0n) is 15.2. The van der Waals surface area contributed by atoms with Crippen molar-refractivity contribution in [1.82, 2.24) is 4.90 Å². The van der Waals surface area contributed by atoms with Gasteiger partial charge in [0.2, 0.25) is 0 Å². The molecule has 1 aliphatic heterocycles. The summed E-state index contributed by atoms with van der Waals surface area (Å²) in [4.78, 5) is 26.5. The highest BCUT2D eigenvalue weighted by molar-refractivity contribution is 6.44. The van der Waals surface area contributed by atoms with Gasteiger partial charge in [-0.1, -0.05) is 12.2 Å². The van der Waals surface area contributed by atoms with Crippen LogP contribution in [0.4, 0.5) is 4.79 Å². The van der Waals surface area contributed by atoms with Crippen molar-refractivity contribution in [2.45, 2.75) is 58.0 Å². The Morgan fingerprint density at radius 1 is 1.36 bits per heavy atom. The number of piperidine rings is 1. The second-order valence-corrected chi connectivity index (χ2v) is 7.24. The van der Waals surface area contributed by atoms with Crippen LogP contribution in [0.5, 0.6) is 0 Å². The summed E-state index contributed by atoms with van der Waals surface area (Å²) >= 11 is 0. The molecule has 2 atom stereocenters. The summed E-state index contributed by atoms with van der Waals surface area (Å²) in [6, 6.07) is -0.869. The fourth-order valence-electron chi connectivity index (χ4n) is 3.07. The molecule has 2 aliphatic rings. The standard InChI is InChI=1S/C17H26BNO6/c1-5-24-15(20)14-13-7-6-12(18(22)23)10-11(13)8-9-19(14)16(21)25-17(2,3)4/h7,10,12,14,22-23H,5-6,8-9H2,1-4H3. The number of carbonyl (C=O) groups excluding carboxylic acids is 2. The van der Waals surface area contributed by atoms with Crippen LogP contribution in [0.3, 0.4) is 0 Å². The van der Waals surface area contributed by atoms with Crippen molar-refractivity contribution in [2.75, 3.05) is 13.2 Å². The highest BCUT2D eigenvalue weighted by Crippen LogP contribution is 2.37. The molecule has 138 valence electrons. The van der Waals surface area contributed by atoms with E-state index in [-0.39, 0.29) is 6.61 Å². The van der Waals surface area contributed by atoms with Crippen LogP contribution in [0.1, 0.15) is 40.5 Å². The number of fused-ring (bicyclic) bond motifs is 1. The molecule has 0 aromatic rings. The molecule has 2 unspecified atom stereocenters. The SMILES string of the molecule is CCOC(=O)C1C2=CCC(B(O)O)C=C2CCN1C(=O)OC(C)(C)C. The highest BCUT2D eigenvalue weighted by atomic mass is 16.6. The molecule has 2 N–H and O–H groups in total. The summed E-state index contributed by atoms with van der Waals surface area (Å²) in [6.07, 6.45) is 3.91. The molecule has 0 aromatic heterocycles. The van der Waals surface area contributed by atoms with Crippen LogP contribution in [0.25, 0.3) is 0 Å². The van der Waals surface area contributed by atoms with E-state index >= 15 is 0 Å². The van der Waals surface area contributed by atoms with Gasteiger partial charge in [-0.3, -0.25) is 4.90 Å². The van der Waals surface area contributed by atoms with Gasteiger partial charge in [-0.05, 0) is 51.7 Å². The van der Waals surface area contributed by atoms with E-state index in [2.05, 4.69) is 0 Å². The Kier molecular flexibility index (Phi) is 5.95. The van der Waals surface area contributed by atoms with E-state index in [4.69, 9.17) is 9.47 Å². The maximum Gasteiger partial charge on any atom is 0.459 e. The van der Waals surface area contributed by atoms with Crippen LogP contribution in [0, 0.1) is 0 Å². The number of ether oxygens (including phenoxy) is 2. The van der Waals surface area contributed by atoms with Crippen LogP contribution in [-0.4, -0.2) is 58.9 Å². The van der Waals surface area contributed by atoms with Gasteiger partial charge in [0.1, 0.15) is 5.60 Å². The third kappa shape index (κ3) is 4.64. The molecule has 25 heavy (non-hydrogen) atoms. The lowest BCUT2D eigenvalue weighted by atomic mass is 9.66. The van der Waals surface area contributed by atoms with Crippen molar-refractivity contribution in [1.29, 1.82) is 0 Å². The van der Waals surface area contributed by atoms with E-state index < -0.39 is 36.6 Å². The quantitative estimate of drug-likeness (QED) is 0.593. The average molecular weight is 351 g/mol. The molecule has 2 rings (SSSR count). The molecule has 7 nitrogen and oxygen atoms in total.